The van der Waals surface area contributed by atoms with Crippen LogP contribution >= 0.6 is 35.6 Å². The molecule has 2 aromatic rings. The standard InChI is InChI=1S/C14H12Cl2N2O.ClH/c15-8-14(19)18(10-11-2-1-7-17-9-11)13-5-3-12(16)4-6-13;/h1-7,9H,8,10H2;1H. The van der Waals surface area contributed by atoms with Gasteiger partial charge in [-0.15, -0.1) is 24.0 Å². The Morgan fingerprint density at radius 1 is 1.20 bits per heavy atom. The zero-order valence-electron chi connectivity index (χ0n) is 10.5. The fourth-order valence-electron chi connectivity index (χ4n) is 1.69. The van der Waals surface area contributed by atoms with Gasteiger partial charge in [-0.05, 0) is 35.9 Å². The Hall–Kier alpha value is -1.29. The van der Waals surface area contributed by atoms with E-state index in [1.165, 1.54) is 0 Å². The van der Waals surface area contributed by atoms with Gasteiger partial charge in [-0.2, -0.15) is 0 Å². The van der Waals surface area contributed by atoms with Gasteiger partial charge < -0.3 is 4.90 Å². The number of pyridine rings is 1. The molecule has 0 radical (unpaired) electrons. The summed E-state index contributed by atoms with van der Waals surface area (Å²) < 4.78 is 0. The third kappa shape index (κ3) is 4.37. The highest BCUT2D eigenvalue weighted by molar-refractivity contribution is 6.31. The van der Waals surface area contributed by atoms with E-state index in [0.29, 0.717) is 11.6 Å². The summed E-state index contributed by atoms with van der Waals surface area (Å²) in [7, 11) is 0. The smallest absolute Gasteiger partial charge is 0.242 e. The van der Waals surface area contributed by atoms with E-state index < -0.39 is 0 Å². The number of benzene rings is 1. The highest BCUT2D eigenvalue weighted by Gasteiger charge is 2.15. The fraction of sp³-hybridized carbons (Fsp3) is 0.143. The first-order chi connectivity index (χ1) is 9.20. The van der Waals surface area contributed by atoms with Crippen molar-refractivity contribution >= 4 is 47.2 Å². The number of hydrogen-bond donors (Lipinski definition) is 0. The van der Waals surface area contributed by atoms with Gasteiger partial charge in [0.1, 0.15) is 5.88 Å². The quantitative estimate of drug-likeness (QED) is 0.795. The van der Waals surface area contributed by atoms with Crippen LogP contribution in [0.15, 0.2) is 48.8 Å². The summed E-state index contributed by atoms with van der Waals surface area (Å²) in [4.78, 5) is 17.6. The summed E-state index contributed by atoms with van der Waals surface area (Å²) in [6.07, 6.45) is 3.42. The largest absolute Gasteiger partial charge is 0.307 e. The van der Waals surface area contributed by atoms with Crippen molar-refractivity contribution in [3.05, 3.63) is 59.4 Å². The molecule has 1 aromatic heterocycles. The maximum atomic E-state index is 11.9. The van der Waals surface area contributed by atoms with E-state index in [0.717, 1.165) is 11.3 Å². The third-order valence-corrected chi connectivity index (χ3v) is 3.10. The van der Waals surface area contributed by atoms with Crippen LogP contribution in [-0.4, -0.2) is 16.8 Å². The van der Waals surface area contributed by atoms with Crippen molar-refractivity contribution in [3.8, 4) is 0 Å². The van der Waals surface area contributed by atoms with Gasteiger partial charge >= 0.3 is 0 Å². The molecule has 0 spiro atoms. The van der Waals surface area contributed by atoms with Crippen LogP contribution < -0.4 is 4.90 Å². The van der Waals surface area contributed by atoms with Crippen LogP contribution in [0.4, 0.5) is 5.69 Å². The number of aromatic nitrogens is 1. The summed E-state index contributed by atoms with van der Waals surface area (Å²) in [5.41, 5.74) is 1.70. The molecular weight excluding hydrogens is 319 g/mol. The van der Waals surface area contributed by atoms with Crippen LogP contribution in [0.25, 0.3) is 0 Å². The number of nitrogens with zero attached hydrogens (tertiary/aromatic N) is 2. The van der Waals surface area contributed by atoms with Gasteiger partial charge in [0.25, 0.3) is 0 Å². The molecule has 0 aliphatic heterocycles. The molecule has 0 fully saturated rings. The molecule has 0 unspecified atom stereocenters. The molecule has 0 saturated heterocycles. The predicted octanol–water partition coefficient (Wildman–Crippen LogP) is 3.93. The molecule has 0 N–H and O–H groups in total. The topological polar surface area (TPSA) is 33.2 Å². The monoisotopic (exact) mass is 330 g/mol. The maximum Gasteiger partial charge on any atom is 0.242 e. The van der Waals surface area contributed by atoms with Crippen molar-refractivity contribution in [2.75, 3.05) is 10.8 Å². The van der Waals surface area contributed by atoms with E-state index in [9.17, 15) is 4.79 Å². The van der Waals surface area contributed by atoms with Gasteiger partial charge in [-0.3, -0.25) is 9.78 Å². The van der Waals surface area contributed by atoms with Crippen LogP contribution in [-0.2, 0) is 11.3 Å². The van der Waals surface area contributed by atoms with Gasteiger partial charge in [0.2, 0.25) is 5.91 Å². The molecule has 3 nitrogen and oxygen atoms in total. The van der Waals surface area contributed by atoms with Crippen molar-refractivity contribution < 1.29 is 4.79 Å². The molecule has 1 aromatic carbocycles. The molecular formula is C14H13Cl3N2O. The van der Waals surface area contributed by atoms with Gasteiger partial charge in [0.05, 0.1) is 6.54 Å². The average molecular weight is 332 g/mol. The number of anilines is 1. The number of alkyl halides is 1. The van der Waals surface area contributed by atoms with E-state index in [-0.39, 0.29) is 24.2 Å². The molecule has 0 aliphatic rings. The lowest BCUT2D eigenvalue weighted by Gasteiger charge is -2.22. The number of carbonyl (C=O) groups is 1. The van der Waals surface area contributed by atoms with Crippen LogP contribution in [0.5, 0.6) is 0 Å². The Balaban J connectivity index is 0.00000200. The Bertz CT molecular complexity index is 546. The number of amides is 1. The van der Waals surface area contributed by atoms with Gasteiger partial charge in [0.15, 0.2) is 0 Å². The summed E-state index contributed by atoms with van der Waals surface area (Å²) in [5.74, 6) is -0.226. The Morgan fingerprint density at radius 2 is 1.90 bits per heavy atom. The molecule has 2 rings (SSSR count). The fourth-order valence-corrected chi connectivity index (χ4v) is 1.96. The van der Waals surface area contributed by atoms with Crippen LogP contribution in [0, 0.1) is 0 Å². The van der Waals surface area contributed by atoms with Crippen molar-refractivity contribution in [2.24, 2.45) is 0 Å². The molecule has 0 bridgehead atoms. The first-order valence-corrected chi connectivity index (χ1v) is 6.63. The molecule has 0 aliphatic carbocycles. The number of carbonyl (C=O) groups excluding carboxylic acids is 1. The minimum Gasteiger partial charge on any atom is -0.307 e. The van der Waals surface area contributed by atoms with Gasteiger partial charge in [0, 0.05) is 23.1 Å². The molecule has 6 heteroatoms. The normalized spacial score (nSPS) is 9.70. The number of rotatable bonds is 4. The summed E-state index contributed by atoms with van der Waals surface area (Å²) in [5, 5.41) is 0.628. The summed E-state index contributed by atoms with van der Waals surface area (Å²) in [6.45, 7) is 0.432. The number of halogens is 3. The molecule has 1 amide bonds. The predicted molar refractivity (Wildman–Crippen MR) is 84.8 cm³/mol. The Morgan fingerprint density at radius 3 is 2.45 bits per heavy atom. The van der Waals surface area contributed by atoms with E-state index in [1.807, 2.05) is 12.1 Å². The van der Waals surface area contributed by atoms with Crippen molar-refractivity contribution in [1.29, 1.82) is 0 Å². The van der Waals surface area contributed by atoms with Crippen LogP contribution in [0.2, 0.25) is 5.02 Å². The first kappa shape index (κ1) is 16.8. The van der Waals surface area contributed by atoms with E-state index in [1.54, 1.807) is 41.6 Å². The Labute approximate surface area is 133 Å². The van der Waals surface area contributed by atoms with Gasteiger partial charge in [-0.1, -0.05) is 17.7 Å². The SMILES string of the molecule is Cl.O=C(CCl)N(Cc1cccnc1)c1ccc(Cl)cc1. The molecule has 0 saturated carbocycles. The van der Waals surface area contributed by atoms with Crippen molar-refractivity contribution in [3.63, 3.8) is 0 Å². The Kier molecular flexibility index (Phi) is 6.79. The minimum atomic E-state index is -0.159. The second-order valence-electron chi connectivity index (χ2n) is 3.95. The zero-order valence-corrected chi connectivity index (χ0v) is 12.8. The highest BCUT2D eigenvalue weighted by Crippen LogP contribution is 2.20. The van der Waals surface area contributed by atoms with Crippen molar-refractivity contribution in [2.45, 2.75) is 6.54 Å². The second-order valence-corrected chi connectivity index (χ2v) is 4.65. The minimum absolute atomic E-state index is 0. The highest BCUT2D eigenvalue weighted by atomic mass is 35.5. The molecule has 0 atom stereocenters. The van der Waals surface area contributed by atoms with Crippen LogP contribution in [0.1, 0.15) is 5.56 Å². The lowest BCUT2D eigenvalue weighted by atomic mass is 10.2. The summed E-state index contributed by atoms with van der Waals surface area (Å²) >= 11 is 11.5. The van der Waals surface area contributed by atoms with E-state index in [2.05, 4.69) is 4.98 Å². The first-order valence-electron chi connectivity index (χ1n) is 5.71. The molecule has 1 heterocycles. The van der Waals surface area contributed by atoms with Crippen LogP contribution in [0.3, 0.4) is 0 Å². The summed E-state index contributed by atoms with van der Waals surface area (Å²) in [6, 6.07) is 10.8. The third-order valence-electron chi connectivity index (χ3n) is 2.62. The van der Waals surface area contributed by atoms with E-state index >= 15 is 0 Å². The molecule has 20 heavy (non-hydrogen) atoms. The second kappa shape index (κ2) is 8.10. The molecule has 106 valence electrons. The number of hydrogen-bond acceptors (Lipinski definition) is 2. The maximum absolute atomic E-state index is 11.9. The lowest BCUT2D eigenvalue weighted by molar-refractivity contribution is -0.116. The zero-order chi connectivity index (χ0) is 13.7. The average Bonchev–Trinajstić information content (AvgIpc) is 2.46. The van der Waals surface area contributed by atoms with E-state index in [4.69, 9.17) is 23.2 Å². The van der Waals surface area contributed by atoms with Gasteiger partial charge in [-0.25, -0.2) is 0 Å². The van der Waals surface area contributed by atoms with Crippen molar-refractivity contribution in [1.82, 2.24) is 4.98 Å². The lowest BCUT2D eigenvalue weighted by Crippen LogP contribution is -2.31.